The molecule has 0 bridgehead atoms. The smallest absolute Gasteiger partial charge is 0.0594 e. The Kier molecular flexibility index (Phi) is 9.87. The Morgan fingerprint density at radius 3 is 2.19 bits per heavy atom. The van der Waals surface area contributed by atoms with Crippen molar-refractivity contribution < 1.29 is 9.47 Å². The van der Waals surface area contributed by atoms with Gasteiger partial charge in [0.05, 0.1) is 19.3 Å². The largest absolute Gasteiger partial charge is 0.380 e. The van der Waals surface area contributed by atoms with Crippen LogP contribution in [0.2, 0.25) is 0 Å². The predicted octanol–water partition coefficient (Wildman–Crippen LogP) is 2.90. The highest BCUT2D eigenvalue weighted by molar-refractivity contribution is 7.10. The minimum absolute atomic E-state index is 0.131. The Morgan fingerprint density at radius 2 is 1.76 bits per heavy atom. The van der Waals surface area contributed by atoms with E-state index in [-0.39, 0.29) is 12.1 Å². The molecule has 0 saturated carbocycles. The van der Waals surface area contributed by atoms with E-state index in [1.165, 1.54) is 4.88 Å². The van der Waals surface area contributed by atoms with E-state index < -0.39 is 0 Å². The maximum atomic E-state index is 6.40. The molecule has 5 heteroatoms. The number of nitrogens with two attached hydrogens (primary N) is 1. The summed E-state index contributed by atoms with van der Waals surface area (Å²) in [6.07, 6.45) is 0.961. The van der Waals surface area contributed by atoms with Gasteiger partial charge < -0.3 is 15.2 Å². The number of nitrogens with zero attached hydrogens (tertiary/aromatic N) is 1. The number of hydrogen-bond acceptors (Lipinski definition) is 5. The fourth-order valence-electron chi connectivity index (χ4n) is 2.39. The number of thiophene rings is 1. The van der Waals surface area contributed by atoms with Gasteiger partial charge in [0.2, 0.25) is 0 Å². The van der Waals surface area contributed by atoms with Gasteiger partial charge in [-0.15, -0.1) is 11.3 Å². The summed E-state index contributed by atoms with van der Waals surface area (Å²) in [7, 11) is 0. The number of ether oxygens (including phenoxy) is 2. The van der Waals surface area contributed by atoms with Gasteiger partial charge in [0.25, 0.3) is 0 Å². The number of rotatable bonds is 12. The van der Waals surface area contributed by atoms with Crippen molar-refractivity contribution in [3.8, 4) is 0 Å². The van der Waals surface area contributed by atoms with Crippen LogP contribution in [0.15, 0.2) is 17.5 Å². The van der Waals surface area contributed by atoms with E-state index in [1.54, 1.807) is 11.3 Å². The Bertz CT molecular complexity index is 336. The van der Waals surface area contributed by atoms with E-state index in [9.17, 15) is 0 Å². The molecule has 2 unspecified atom stereocenters. The molecule has 0 radical (unpaired) electrons. The lowest BCUT2D eigenvalue weighted by atomic mass is 10.0. The second-order valence-electron chi connectivity index (χ2n) is 4.96. The third-order valence-electron chi connectivity index (χ3n) is 3.56. The molecule has 0 amide bonds. The molecule has 21 heavy (non-hydrogen) atoms. The van der Waals surface area contributed by atoms with Gasteiger partial charge in [-0.3, -0.25) is 4.90 Å². The molecule has 2 N–H and O–H groups in total. The Hall–Kier alpha value is -0.460. The van der Waals surface area contributed by atoms with Gasteiger partial charge in [-0.2, -0.15) is 0 Å². The van der Waals surface area contributed by atoms with Crippen molar-refractivity contribution in [3.05, 3.63) is 22.4 Å². The maximum absolute atomic E-state index is 6.40. The molecule has 1 aromatic rings. The fraction of sp³-hybridized carbons (Fsp3) is 0.750. The van der Waals surface area contributed by atoms with Crippen LogP contribution in [0.5, 0.6) is 0 Å². The van der Waals surface area contributed by atoms with Crippen LogP contribution in [0.3, 0.4) is 0 Å². The molecule has 1 rings (SSSR count). The van der Waals surface area contributed by atoms with Crippen molar-refractivity contribution in [3.63, 3.8) is 0 Å². The summed E-state index contributed by atoms with van der Waals surface area (Å²) in [6, 6.07) is 4.65. The lowest BCUT2D eigenvalue weighted by Gasteiger charge is -2.34. The van der Waals surface area contributed by atoms with Gasteiger partial charge >= 0.3 is 0 Å². The van der Waals surface area contributed by atoms with E-state index >= 15 is 0 Å². The van der Waals surface area contributed by atoms with Gasteiger partial charge in [0, 0.05) is 37.2 Å². The molecule has 0 aliphatic heterocycles. The molecule has 1 aromatic heterocycles. The highest BCUT2D eigenvalue weighted by Gasteiger charge is 2.26. The first-order valence-corrected chi connectivity index (χ1v) is 8.81. The van der Waals surface area contributed by atoms with E-state index in [0.717, 1.165) is 45.9 Å². The quantitative estimate of drug-likeness (QED) is 0.603. The first-order valence-electron chi connectivity index (χ1n) is 7.93. The summed E-state index contributed by atoms with van der Waals surface area (Å²) in [5.41, 5.74) is 6.40. The van der Waals surface area contributed by atoms with Crippen LogP contribution in [0.1, 0.15) is 38.1 Å². The Labute approximate surface area is 133 Å². The normalized spacial score (nSPS) is 14.5. The van der Waals surface area contributed by atoms with E-state index in [0.29, 0.717) is 0 Å². The second-order valence-corrected chi connectivity index (χ2v) is 5.94. The first kappa shape index (κ1) is 18.6. The summed E-state index contributed by atoms with van der Waals surface area (Å²) in [6.45, 7) is 11.0. The zero-order valence-corrected chi connectivity index (χ0v) is 14.4. The molecule has 2 atom stereocenters. The lowest BCUT2D eigenvalue weighted by Crippen LogP contribution is -2.43. The van der Waals surface area contributed by atoms with Crippen LogP contribution < -0.4 is 5.73 Å². The summed E-state index contributed by atoms with van der Waals surface area (Å²) in [5, 5.41) is 2.12. The Morgan fingerprint density at radius 1 is 1.14 bits per heavy atom. The highest BCUT2D eigenvalue weighted by atomic mass is 32.1. The van der Waals surface area contributed by atoms with Crippen LogP contribution in [-0.4, -0.2) is 50.5 Å². The molecule has 0 aliphatic carbocycles. The number of hydrogen-bond donors (Lipinski definition) is 1. The molecule has 0 spiro atoms. The minimum Gasteiger partial charge on any atom is -0.380 e. The topological polar surface area (TPSA) is 47.7 Å². The van der Waals surface area contributed by atoms with E-state index in [1.807, 2.05) is 13.8 Å². The van der Waals surface area contributed by atoms with Crippen LogP contribution in [0, 0.1) is 0 Å². The van der Waals surface area contributed by atoms with Crippen molar-refractivity contribution in [1.82, 2.24) is 4.90 Å². The van der Waals surface area contributed by atoms with E-state index in [2.05, 4.69) is 29.3 Å². The highest BCUT2D eigenvalue weighted by Crippen LogP contribution is 2.28. The monoisotopic (exact) mass is 314 g/mol. The zero-order valence-electron chi connectivity index (χ0n) is 13.6. The molecular formula is C16H30N2O2S. The van der Waals surface area contributed by atoms with Gasteiger partial charge in [-0.25, -0.2) is 0 Å². The lowest BCUT2D eigenvalue weighted by molar-refractivity contribution is 0.0563. The molecule has 4 nitrogen and oxygen atoms in total. The SMILES string of the molecule is CCOCCN(CCOCC)C(c1cccs1)C(N)CC. The predicted molar refractivity (Wildman–Crippen MR) is 89.9 cm³/mol. The van der Waals surface area contributed by atoms with Crippen LogP contribution in [-0.2, 0) is 9.47 Å². The molecule has 0 aliphatic rings. The summed E-state index contributed by atoms with van der Waals surface area (Å²) in [4.78, 5) is 3.74. The molecule has 122 valence electrons. The van der Waals surface area contributed by atoms with Crippen molar-refractivity contribution in [2.75, 3.05) is 39.5 Å². The average Bonchev–Trinajstić information content (AvgIpc) is 3.01. The third kappa shape index (κ3) is 6.45. The van der Waals surface area contributed by atoms with Crippen LogP contribution in [0.4, 0.5) is 0 Å². The van der Waals surface area contributed by atoms with Gasteiger partial charge in [0.1, 0.15) is 0 Å². The molecule has 0 aromatic carbocycles. The minimum atomic E-state index is 0.131. The fourth-order valence-corrected chi connectivity index (χ4v) is 3.32. The van der Waals surface area contributed by atoms with Crippen molar-refractivity contribution in [2.45, 2.75) is 39.3 Å². The molecule has 1 heterocycles. The standard InChI is InChI=1S/C16H30N2O2S/c1-4-14(17)16(15-8-7-13-21-15)18(9-11-19-5-2)10-12-20-6-3/h7-8,13-14,16H,4-6,9-12,17H2,1-3H3. The zero-order chi connectivity index (χ0) is 15.5. The van der Waals surface area contributed by atoms with Gasteiger partial charge in [-0.05, 0) is 31.7 Å². The van der Waals surface area contributed by atoms with Gasteiger partial charge in [-0.1, -0.05) is 13.0 Å². The van der Waals surface area contributed by atoms with E-state index in [4.69, 9.17) is 15.2 Å². The molecule has 0 saturated heterocycles. The maximum Gasteiger partial charge on any atom is 0.0594 e. The molecular weight excluding hydrogens is 284 g/mol. The average molecular weight is 314 g/mol. The van der Waals surface area contributed by atoms with Crippen molar-refractivity contribution in [2.24, 2.45) is 5.73 Å². The van der Waals surface area contributed by atoms with Gasteiger partial charge in [0.15, 0.2) is 0 Å². The second kappa shape index (κ2) is 11.2. The first-order chi connectivity index (χ1) is 10.2. The third-order valence-corrected chi connectivity index (χ3v) is 4.50. The summed E-state index contributed by atoms with van der Waals surface area (Å²) < 4.78 is 11.1. The van der Waals surface area contributed by atoms with Crippen molar-refractivity contribution in [1.29, 1.82) is 0 Å². The molecule has 0 fully saturated rings. The Balaban J connectivity index is 2.76. The van der Waals surface area contributed by atoms with Crippen LogP contribution in [0.25, 0.3) is 0 Å². The summed E-state index contributed by atoms with van der Waals surface area (Å²) >= 11 is 1.78. The van der Waals surface area contributed by atoms with Crippen LogP contribution >= 0.6 is 11.3 Å². The summed E-state index contributed by atoms with van der Waals surface area (Å²) in [5.74, 6) is 0. The van der Waals surface area contributed by atoms with Crippen molar-refractivity contribution >= 4 is 11.3 Å².